The van der Waals surface area contributed by atoms with Gasteiger partial charge in [0.1, 0.15) is 5.60 Å². The highest BCUT2D eigenvalue weighted by Crippen LogP contribution is 2.25. The van der Waals surface area contributed by atoms with Crippen molar-refractivity contribution in [3.05, 3.63) is 24.3 Å². The van der Waals surface area contributed by atoms with E-state index in [2.05, 4.69) is 15.3 Å². The number of hydrogen-bond donors (Lipinski definition) is 1. The SMILES string of the molecule is COc1nc2ccccc2nc1NCC1CCCN1C(=O)OC(C)(C)C. The number of fused-ring (bicyclic) bond motifs is 1. The minimum Gasteiger partial charge on any atom is -0.478 e. The Balaban J connectivity index is 1.71. The van der Waals surface area contributed by atoms with Gasteiger partial charge in [-0.15, -0.1) is 0 Å². The highest BCUT2D eigenvalue weighted by atomic mass is 16.6. The third kappa shape index (κ3) is 4.15. The number of nitrogens with zero attached hydrogens (tertiary/aromatic N) is 3. The van der Waals surface area contributed by atoms with Crippen LogP contribution >= 0.6 is 0 Å². The van der Waals surface area contributed by atoms with Crippen LogP contribution in [0.5, 0.6) is 5.88 Å². The summed E-state index contributed by atoms with van der Waals surface area (Å²) in [5, 5.41) is 3.30. The van der Waals surface area contributed by atoms with Gasteiger partial charge in [-0.05, 0) is 45.7 Å². The number of methoxy groups -OCH3 is 1. The summed E-state index contributed by atoms with van der Waals surface area (Å²) in [6.45, 7) is 6.92. The number of carbonyl (C=O) groups is 1. The molecule has 26 heavy (non-hydrogen) atoms. The van der Waals surface area contributed by atoms with Crippen molar-refractivity contribution in [3.63, 3.8) is 0 Å². The largest absolute Gasteiger partial charge is 0.478 e. The Morgan fingerprint density at radius 3 is 2.62 bits per heavy atom. The van der Waals surface area contributed by atoms with Crippen LogP contribution in [0.1, 0.15) is 33.6 Å². The Bertz CT molecular complexity index is 788. The molecule has 1 aliphatic heterocycles. The van der Waals surface area contributed by atoms with Crippen molar-refractivity contribution in [1.82, 2.24) is 14.9 Å². The summed E-state index contributed by atoms with van der Waals surface area (Å²) in [5.74, 6) is 1.03. The first-order valence-electron chi connectivity index (χ1n) is 8.91. The van der Waals surface area contributed by atoms with Crippen molar-refractivity contribution in [2.75, 3.05) is 25.5 Å². The number of amides is 1. The van der Waals surface area contributed by atoms with Crippen molar-refractivity contribution in [2.24, 2.45) is 0 Å². The van der Waals surface area contributed by atoms with Gasteiger partial charge in [-0.1, -0.05) is 12.1 Å². The number of para-hydroxylation sites is 2. The van der Waals surface area contributed by atoms with Crippen LogP contribution < -0.4 is 10.1 Å². The van der Waals surface area contributed by atoms with E-state index >= 15 is 0 Å². The fourth-order valence-corrected chi connectivity index (χ4v) is 3.06. The van der Waals surface area contributed by atoms with Crippen molar-refractivity contribution in [3.8, 4) is 5.88 Å². The molecule has 1 unspecified atom stereocenters. The van der Waals surface area contributed by atoms with Gasteiger partial charge >= 0.3 is 6.09 Å². The summed E-state index contributed by atoms with van der Waals surface area (Å²) in [5.41, 5.74) is 1.09. The summed E-state index contributed by atoms with van der Waals surface area (Å²) >= 11 is 0. The highest BCUT2D eigenvalue weighted by Gasteiger charge is 2.32. The van der Waals surface area contributed by atoms with Crippen molar-refractivity contribution >= 4 is 22.9 Å². The average molecular weight is 358 g/mol. The standard InChI is InChI=1S/C19H26N4O3/c1-19(2,3)26-18(24)23-11-7-8-13(23)12-20-16-17(25-4)22-15-10-6-5-9-14(15)21-16/h5-6,9-10,13H,7-8,11-12H2,1-4H3,(H,20,21). The van der Waals surface area contributed by atoms with Gasteiger partial charge in [-0.25, -0.2) is 14.8 Å². The Morgan fingerprint density at radius 1 is 1.27 bits per heavy atom. The Labute approximate surface area is 153 Å². The lowest BCUT2D eigenvalue weighted by Gasteiger charge is -2.28. The number of likely N-dealkylation sites (tertiary alicyclic amines) is 1. The van der Waals surface area contributed by atoms with E-state index in [9.17, 15) is 4.79 Å². The third-order valence-electron chi connectivity index (χ3n) is 4.24. The van der Waals surface area contributed by atoms with Crippen LogP contribution in [0.3, 0.4) is 0 Å². The molecule has 1 N–H and O–H groups in total. The molecule has 7 nitrogen and oxygen atoms in total. The van der Waals surface area contributed by atoms with Crippen LogP contribution in [0.2, 0.25) is 0 Å². The molecule has 0 saturated carbocycles. The number of benzene rings is 1. The number of carbonyl (C=O) groups excluding carboxylic acids is 1. The predicted octanol–water partition coefficient (Wildman–Crippen LogP) is 3.45. The van der Waals surface area contributed by atoms with Gasteiger partial charge in [-0.3, -0.25) is 0 Å². The molecular weight excluding hydrogens is 332 g/mol. The number of aromatic nitrogens is 2. The molecule has 0 spiro atoms. The minimum absolute atomic E-state index is 0.0582. The maximum Gasteiger partial charge on any atom is 0.410 e. The lowest BCUT2D eigenvalue weighted by molar-refractivity contribution is 0.0235. The van der Waals surface area contributed by atoms with Crippen LogP contribution in [0, 0.1) is 0 Å². The van der Waals surface area contributed by atoms with E-state index in [0.29, 0.717) is 24.8 Å². The summed E-state index contributed by atoms with van der Waals surface area (Å²) < 4.78 is 10.9. The van der Waals surface area contributed by atoms with Gasteiger partial charge in [0.2, 0.25) is 0 Å². The number of ether oxygens (including phenoxy) is 2. The minimum atomic E-state index is -0.495. The average Bonchev–Trinajstić information content (AvgIpc) is 3.06. The van der Waals surface area contributed by atoms with E-state index in [4.69, 9.17) is 9.47 Å². The number of nitrogens with one attached hydrogen (secondary N) is 1. The fraction of sp³-hybridized carbons (Fsp3) is 0.526. The molecule has 1 aromatic heterocycles. The summed E-state index contributed by atoms with van der Waals surface area (Å²) in [7, 11) is 1.58. The van der Waals surface area contributed by atoms with Gasteiger partial charge in [0.25, 0.3) is 5.88 Å². The van der Waals surface area contributed by atoms with Crippen molar-refractivity contribution < 1.29 is 14.3 Å². The first kappa shape index (κ1) is 18.2. The van der Waals surface area contributed by atoms with Gasteiger partial charge < -0.3 is 19.7 Å². The number of hydrogen-bond acceptors (Lipinski definition) is 6. The maximum absolute atomic E-state index is 12.4. The van der Waals surface area contributed by atoms with Gasteiger partial charge in [-0.2, -0.15) is 0 Å². The molecule has 1 saturated heterocycles. The molecule has 1 aliphatic rings. The Morgan fingerprint density at radius 2 is 1.96 bits per heavy atom. The van der Waals surface area contributed by atoms with E-state index in [0.717, 1.165) is 23.9 Å². The third-order valence-corrected chi connectivity index (χ3v) is 4.24. The molecule has 1 aromatic carbocycles. The molecular formula is C19H26N4O3. The van der Waals surface area contributed by atoms with E-state index in [1.165, 1.54) is 0 Å². The second-order valence-electron chi connectivity index (χ2n) is 7.42. The monoisotopic (exact) mass is 358 g/mol. The molecule has 3 rings (SSSR count). The van der Waals surface area contributed by atoms with Gasteiger partial charge in [0.05, 0.1) is 24.2 Å². The van der Waals surface area contributed by atoms with Crippen LogP contribution in [0.25, 0.3) is 11.0 Å². The maximum atomic E-state index is 12.4. The number of rotatable bonds is 4. The molecule has 2 heterocycles. The molecule has 0 aliphatic carbocycles. The van der Waals surface area contributed by atoms with Crippen molar-refractivity contribution in [2.45, 2.75) is 45.3 Å². The zero-order valence-corrected chi connectivity index (χ0v) is 15.8. The normalized spacial score (nSPS) is 17.4. The topological polar surface area (TPSA) is 76.6 Å². The second kappa shape index (κ2) is 7.35. The molecule has 0 radical (unpaired) electrons. The van der Waals surface area contributed by atoms with Gasteiger partial charge in [0, 0.05) is 13.1 Å². The van der Waals surface area contributed by atoms with E-state index < -0.39 is 5.60 Å². The highest BCUT2D eigenvalue weighted by molar-refractivity contribution is 5.77. The quantitative estimate of drug-likeness (QED) is 0.902. The van der Waals surface area contributed by atoms with Crippen LogP contribution in [0.15, 0.2) is 24.3 Å². The molecule has 2 aromatic rings. The van der Waals surface area contributed by atoms with E-state index in [1.54, 1.807) is 12.0 Å². The molecule has 1 atom stereocenters. The predicted molar refractivity (Wildman–Crippen MR) is 101 cm³/mol. The van der Waals surface area contributed by atoms with E-state index in [1.807, 2.05) is 45.0 Å². The summed E-state index contributed by atoms with van der Waals surface area (Å²) in [4.78, 5) is 23.3. The lowest BCUT2D eigenvalue weighted by atomic mass is 10.2. The first-order valence-corrected chi connectivity index (χ1v) is 8.91. The molecule has 1 amide bonds. The number of anilines is 1. The molecule has 7 heteroatoms. The molecule has 0 bridgehead atoms. The summed E-state index contributed by atoms with van der Waals surface area (Å²) in [6.07, 6.45) is 1.63. The molecule has 1 fully saturated rings. The first-order chi connectivity index (χ1) is 12.4. The molecule has 140 valence electrons. The fourth-order valence-electron chi connectivity index (χ4n) is 3.06. The summed E-state index contributed by atoms with van der Waals surface area (Å²) in [6, 6.07) is 7.71. The van der Waals surface area contributed by atoms with Crippen molar-refractivity contribution in [1.29, 1.82) is 0 Å². The van der Waals surface area contributed by atoms with Crippen LogP contribution in [-0.2, 0) is 4.74 Å². The van der Waals surface area contributed by atoms with Crippen LogP contribution in [0.4, 0.5) is 10.6 Å². The lowest BCUT2D eigenvalue weighted by Crippen LogP contribution is -2.42. The second-order valence-corrected chi connectivity index (χ2v) is 7.42. The van der Waals surface area contributed by atoms with E-state index in [-0.39, 0.29) is 12.1 Å². The van der Waals surface area contributed by atoms with Gasteiger partial charge in [0.15, 0.2) is 5.82 Å². The Kier molecular flexibility index (Phi) is 5.15. The zero-order chi connectivity index (χ0) is 18.7. The van der Waals surface area contributed by atoms with Crippen LogP contribution in [-0.4, -0.2) is 52.8 Å². The Hall–Kier alpha value is -2.57. The zero-order valence-electron chi connectivity index (χ0n) is 15.8. The smallest absolute Gasteiger partial charge is 0.410 e.